The predicted octanol–water partition coefficient (Wildman–Crippen LogP) is 0.104. The second kappa shape index (κ2) is 3.03. The average Bonchev–Trinajstić information content (AvgIpc) is 1.85. The standard InChI is InChI=1S/C4H3FIN3O2/c5-9(6)2-1-7-4(11)8-3(2)10/h1H,(H2,7,8,10,11). The van der Waals surface area contributed by atoms with E-state index in [0.717, 1.165) is 6.20 Å². The molecule has 0 aliphatic carbocycles. The van der Waals surface area contributed by atoms with Crippen molar-refractivity contribution in [1.82, 2.24) is 9.97 Å². The van der Waals surface area contributed by atoms with Crippen LogP contribution in [0.3, 0.4) is 0 Å². The van der Waals surface area contributed by atoms with Crippen LogP contribution in [0.5, 0.6) is 0 Å². The summed E-state index contributed by atoms with van der Waals surface area (Å²) in [5.41, 5.74) is -1.66. The molecule has 0 aromatic carbocycles. The number of H-pyrrole nitrogens is 2. The highest BCUT2D eigenvalue weighted by Crippen LogP contribution is 2.09. The number of hydrogen-bond donors (Lipinski definition) is 2. The van der Waals surface area contributed by atoms with Gasteiger partial charge in [-0.25, -0.2) is 4.79 Å². The molecule has 0 aliphatic heterocycles. The summed E-state index contributed by atoms with van der Waals surface area (Å²) in [7, 11) is 0. The van der Waals surface area contributed by atoms with E-state index in [1.807, 2.05) is 4.98 Å². The number of halogens is 2. The molecule has 1 heterocycles. The molecule has 1 rings (SSSR count). The first kappa shape index (κ1) is 8.24. The number of nitrogens with one attached hydrogen (secondary N) is 2. The summed E-state index contributed by atoms with van der Waals surface area (Å²) in [4.78, 5) is 25.1. The monoisotopic (exact) mass is 271 g/mol. The van der Waals surface area contributed by atoms with Gasteiger partial charge in [0.1, 0.15) is 0 Å². The fourth-order valence-electron chi connectivity index (χ4n) is 0.528. The van der Waals surface area contributed by atoms with Gasteiger partial charge in [0, 0.05) is 6.20 Å². The highest BCUT2D eigenvalue weighted by molar-refractivity contribution is 14.1. The minimum absolute atomic E-state index is 0.0898. The van der Waals surface area contributed by atoms with Gasteiger partial charge in [0.15, 0.2) is 5.69 Å². The molecule has 0 aliphatic rings. The molecule has 60 valence electrons. The Morgan fingerprint density at radius 1 is 1.55 bits per heavy atom. The predicted molar refractivity (Wildman–Crippen MR) is 45.3 cm³/mol. The molecule has 1 aromatic heterocycles. The SMILES string of the molecule is O=c1[nH]cc(N(F)I)c(=O)[nH]1. The van der Waals surface area contributed by atoms with E-state index in [2.05, 4.69) is 4.98 Å². The number of aromatic amines is 2. The molecule has 0 radical (unpaired) electrons. The molecule has 0 spiro atoms. The van der Waals surface area contributed by atoms with Crippen molar-refractivity contribution in [2.45, 2.75) is 0 Å². The smallest absolute Gasteiger partial charge is 0.312 e. The lowest BCUT2D eigenvalue weighted by molar-refractivity contribution is 0.562. The molecule has 0 fully saturated rings. The normalized spacial score (nSPS) is 9.64. The Bertz CT molecular complexity index is 357. The van der Waals surface area contributed by atoms with Gasteiger partial charge >= 0.3 is 5.69 Å². The van der Waals surface area contributed by atoms with E-state index in [0.29, 0.717) is 0 Å². The lowest BCUT2D eigenvalue weighted by Crippen LogP contribution is -2.24. The van der Waals surface area contributed by atoms with Crippen LogP contribution in [0.2, 0.25) is 0 Å². The molecule has 0 saturated heterocycles. The van der Waals surface area contributed by atoms with Gasteiger partial charge in [-0.15, -0.1) is 3.34 Å². The molecule has 0 atom stereocenters. The van der Waals surface area contributed by atoms with Crippen molar-refractivity contribution in [2.24, 2.45) is 0 Å². The van der Waals surface area contributed by atoms with Crippen LogP contribution in [-0.4, -0.2) is 9.97 Å². The average molecular weight is 271 g/mol. The third-order valence-corrected chi connectivity index (χ3v) is 1.50. The third kappa shape index (κ3) is 1.79. The summed E-state index contributed by atoms with van der Waals surface area (Å²) < 4.78 is 12.4. The number of rotatable bonds is 1. The zero-order chi connectivity index (χ0) is 8.43. The van der Waals surface area contributed by atoms with Gasteiger partial charge in [-0.2, -0.15) is 0 Å². The maximum absolute atomic E-state index is 12.3. The van der Waals surface area contributed by atoms with Crippen LogP contribution in [0.1, 0.15) is 0 Å². The van der Waals surface area contributed by atoms with Gasteiger partial charge < -0.3 is 4.98 Å². The van der Waals surface area contributed by atoms with Crippen LogP contribution in [0.15, 0.2) is 15.8 Å². The molecular formula is C4H3FIN3O2. The fraction of sp³-hybridized carbons (Fsp3) is 0. The van der Waals surface area contributed by atoms with E-state index < -0.39 is 11.2 Å². The zero-order valence-electron chi connectivity index (χ0n) is 5.10. The van der Waals surface area contributed by atoms with Gasteiger partial charge in [-0.1, -0.05) is 4.48 Å². The topological polar surface area (TPSA) is 69.0 Å². The van der Waals surface area contributed by atoms with Crippen molar-refractivity contribution in [3.05, 3.63) is 27.0 Å². The van der Waals surface area contributed by atoms with Crippen LogP contribution >= 0.6 is 22.9 Å². The van der Waals surface area contributed by atoms with Crippen LogP contribution in [0.4, 0.5) is 10.2 Å². The zero-order valence-corrected chi connectivity index (χ0v) is 7.25. The van der Waals surface area contributed by atoms with Crippen LogP contribution < -0.4 is 14.6 Å². The lowest BCUT2D eigenvalue weighted by atomic mass is 10.5. The first-order valence-corrected chi connectivity index (χ1v) is 3.51. The summed E-state index contributed by atoms with van der Waals surface area (Å²) >= 11 is 1.27. The number of anilines is 1. The molecule has 0 saturated carbocycles. The number of aromatic nitrogens is 2. The Morgan fingerprint density at radius 2 is 2.18 bits per heavy atom. The second-order valence-electron chi connectivity index (χ2n) is 1.69. The maximum Gasteiger partial charge on any atom is 0.325 e. The quantitative estimate of drug-likeness (QED) is 0.562. The summed E-state index contributed by atoms with van der Waals surface area (Å²) in [5.74, 6) is 0. The van der Waals surface area contributed by atoms with E-state index in [1.165, 1.54) is 22.9 Å². The molecular weight excluding hydrogens is 268 g/mol. The molecule has 2 N–H and O–H groups in total. The summed E-state index contributed by atoms with van der Waals surface area (Å²) in [6, 6.07) is 0. The second-order valence-corrected chi connectivity index (χ2v) is 2.54. The Labute approximate surface area is 73.7 Å². The van der Waals surface area contributed by atoms with Crippen molar-refractivity contribution < 1.29 is 4.48 Å². The van der Waals surface area contributed by atoms with Crippen molar-refractivity contribution in [1.29, 1.82) is 0 Å². The van der Waals surface area contributed by atoms with Crippen molar-refractivity contribution >= 4 is 28.6 Å². The molecule has 0 bridgehead atoms. The van der Waals surface area contributed by atoms with Gasteiger partial charge in [-0.3, -0.25) is 9.78 Å². The van der Waals surface area contributed by atoms with E-state index >= 15 is 0 Å². The van der Waals surface area contributed by atoms with Gasteiger partial charge in [0.25, 0.3) is 5.56 Å². The molecule has 11 heavy (non-hydrogen) atoms. The first-order chi connectivity index (χ1) is 5.11. The first-order valence-electron chi connectivity index (χ1n) is 2.55. The summed E-state index contributed by atoms with van der Waals surface area (Å²) in [6.45, 7) is 0. The Balaban J connectivity index is 3.32. The van der Waals surface area contributed by atoms with Gasteiger partial charge in [-0.05, 0) is 0 Å². The van der Waals surface area contributed by atoms with Crippen molar-refractivity contribution in [3.8, 4) is 0 Å². The highest BCUT2D eigenvalue weighted by Gasteiger charge is 2.05. The highest BCUT2D eigenvalue weighted by atomic mass is 127. The third-order valence-electron chi connectivity index (χ3n) is 0.982. The van der Waals surface area contributed by atoms with Crippen molar-refractivity contribution in [2.75, 3.05) is 3.34 Å². The van der Waals surface area contributed by atoms with Gasteiger partial charge in [0.2, 0.25) is 0 Å². The van der Waals surface area contributed by atoms with E-state index in [9.17, 15) is 14.1 Å². The Kier molecular flexibility index (Phi) is 2.27. The van der Waals surface area contributed by atoms with E-state index in [4.69, 9.17) is 0 Å². The molecule has 0 unspecified atom stereocenters. The number of hydrogen-bond acceptors (Lipinski definition) is 3. The fourth-order valence-corrected chi connectivity index (χ4v) is 0.887. The van der Waals surface area contributed by atoms with Gasteiger partial charge in [0.05, 0.1) is 22.9 Å². The molecule has 7 heteroatoms. The van der Waals surface area contributed by atoms with Crippen LogP contribution in [0, 0.1) is 0 Å². The van der Waals surface area contributed by atoms with Crippen LogP contribution in [-0.2, 0) is 0 Å². The maximum atomic E-state index is 12.3. The Morgan fingerprint density at radius 3 is 2.64 bits per heavy atom. The van der Waals surface area contributed by atoms with Crippen molar-refractivity contribution in [3.63, 3.8) is 0 Å². The minimum atomic E-state index is -0.759. The summed E-state index contributed by atoms with van der Waals surface area (Å²) in [5, 5.41) is 0. The molecule has 1 aromatic rings. The van der Waals surface area contributed by atoms with E-state index in [1.54, 1.807) is 0 Å². The number of nitrogens with zero attached hydrogens (tertiary/aromatic N) is 1. The lowest BCUT2D eigenvalue weighted by Gasteiger charge is -1.99. The summed E-state index contributed by atoms with van der Waals surface area (Å²) in [6.07, 6.45) is 0.994. The Hall–Kier alpha value is -0.860. The largest absolute Gasteiger partial charge is 0.325 e. The van der Waals surface area contributed by atoms with Crippen LogP contribution in [0.25, 0.3) is 0 Å². The minimum Gasteiger partial charge on any atom is -0.312 e. The van der Waals surface area contributed by atoms with E-state index in [-0.39, 0.29) is 9.02 Å². The molecule has 0 amide bonds. The molecule has 5 nitrogen and oxygen atoms in total.